The van der Waals surface area contributed by atoms with Gasteiger partial charge in [-0.3, -0.25) is 4.90 Å². The molecule has 0 aromatic heterocycles. The van der Waals surface area contributed by atoms with E-state index in [1.165, 1.54) is 45.1 Å². The number of rotatable bonds is 6. The van der Waals surface area contributed by atoms with Crippen molar-refractivity contribution in [3.8, 4) is 0 Å². The number of nitrogens with zero attached hydrogens (tertiary/aromatic N) is 1. The maximum Gasteiger partial charge on any atom is 0.0710 e. The fraction of sp³-hybridized carbons (Fsp3) is 1.00. The van der Waals surface area contributed by atoms with E-state index >= 15 is 0 Å². The lowest BCUT2D eigenvalue weighted by Gasteiger charge is -2.39. The number of alkyl halides is 1. The Hall–Kier alpha value is 0.400. The van der Waals surface area contributed by atoms with Crippen LogP contribution in [0.15, 0.2) is 0 Å². The summed E-state index contributed by atoms with van der Waals surface area (Å²) in [5.41, 5.74) is 0.116. The highest BCUT2D eigenvalue weighted by atomic mass is 79.9. The summed E-state index contributed by atoms with van der Waals surface area (Å²) in [5, 5.41) is 1.12. The third-order valence-corrected chi connectivity index (χ3v) is 4.72. The molecule has 100 valence electrons. The molecule has 1 aliphatic heterocycles. The Morgan fingerprint density at radius 2 is 2.06 bits per heavy atom. The minimum Gasteiger partial charge on any atom is -0.371 e. The molecule has 0 spiro atoms. The second-order valence-electron chi connectivity index (χ2n) is 6.16. The van der Waals surface area contributed by atoms with Gasteiger partial charge >= 0.3 is 0 Å². The second kappa shape index (κ2) is 6.03. The quantitative estimate of drug-likeness (QED) is 0.695. The van der Waals surface area contributed by atoms with Gasteiger partial charge in [0.2, 0.25) is 0 Å². The van der Waals surface area contributed by atoms with Gasteiger partial charge in [-0.25, -0.2) is 0 Å². The summed E-state index contributed by atoms with van der Waals surface area (Å²) in [4.78, 5) is 2.68. The lowest BCUT2D eigenvalue weighted by molar-refractivity contribution is -0.0386. The lowest BCUT2D eigenvalue weighted by atomic mass is 9.91. The summed E-state index contributed by atoms with van der Waals surface area (Å²) in [7, 11) is 0. The first-order valence-corrected chi connectivity index (χ1v) is 8.21. The van der Waals surface area contributed by atoms with E-state index < -0.39 is 0 Å². The number of ether oxygens (including phenoxy) is 1. The van der Waals surface area contributed by atoms with Gasteiger partial charge in [-0.15, -0.1) is 0 Å². The maximum absolute atomic E-state index is 6.12. The van der Waals surface area contributed by atoms with Gasteiger partial charge in [-0.1, -0.05) is 22.4 Å². The Labute approximate surface area is 114 Å². The summed E-state index contributed by atoms with van der Waals surface area (Å²) in [5.74, 6) is 0. The normalized spacial score (nSPS) is 28.6. The van der Waals surface area contributed by atoms with E-state index in [4.69, 9.17) is 4.74 Å². The maximum atomic E-state index is 6.12. The van der Waals surface area contributed by atoms with Crippen LogP contribution in [0.25, 0.3) is 0 Å². The van der Waals surface area contributed by atoms with E-state index in [2.05, 4.69) is 34.7 Å². The molecule has 0 bridgehead atoms. The van der Waals surface area contributed by atoms with Gasteiger partial charge < -0.3 is 4.74 Å². The van der Waals surface area contributed by atoms with Crippen LogP contribution in [0.5, 0.6) is 0 Å². The average Bonchev–Trinajstić information content (AvgIpc) is 2.52. The largest absolute Gasteiger partial charge is 0.371 e. The molecule has 0 aromatic rings. The average molecular weight is 304 g/mol. The minimum atomic E-state index is 0.116. The van der Waals surface area contributed by atoms with Gasteiger partial charge in [0.1, 0.15) is 0 Å². The molecule has 1 saturated carbocycles. The Morgan fingerprint density at radius 3 is 2.53 bits per heavy atom. The van der Waals surface area contributed by atoms with Crippen molar-refractivity contribution in [2.45, 2.75) is 70.1 Å². The first kappa shape index (κ1) is 13.8. The summed E-state index contributed by atoms with van der Waals surface area (Å²) in [6.07, 6.45) is 8.41. The predicted octanol–water partition coefficient (Wildman–Crippen LogP) is 3.58. The van der Waals surface area contributed by atoms with Gasteiger partial charge in [0, 0.05) is 17.9 Å². The molecule has 2 fully saturated rings. The zero-order chi connectivity index (χ0) is 12.3. The van der Waals surface area contributed by atoms with Crippen LogP contribution in [0.3, 0.4) is 0 Å². The topological polar surface area (TPSA) is 12.5 Å². The van der Waals surface area contributed by atoms with Gasteiger partial charge in [-0.2, -0.15) is 0 Å². The summed E-state index contributed by atoms with van der Waals surface area (Å²) < 4.78 is 6.12. The summed E-state index contributed by atoms with van der Waals surface area (Å²) >= 11 is 3.54. The van der Waals surface area contributed by atoms with E-state index in [1.54, 1.807) is 0 Å². The molecule has 1 aliphatic carbocycles. The molecule has 17 heavy (non-hydrogen) atoms. The first-order chi connectivity index (χ1) is 8.11. The zero-order valence-corrected chi connectivity index (χ0v) is 12.8. The van der Waals surface area contributed by atoms with E-state index in [9.17, 15) is 0 Å². The fourth-order valence-electron chi connectivity index (χ4n) is 2.91. The highest BCUT2D eigenvalue weighted by Gasteiger charge is 2.34. The van der Waals surface area contributed by atoms with Crippen molar-refractivity contribution in [3.63, 3.8) is 0 Å². The third kappa shape index (κ3) is 3.93. The Morgan fingerprint density at radius 1 is 1.29 bits per heavy atom. The van der Waals surface area contributed by atoms with Gasteiger partial charge in [0.15, 0.2) is 0 Å². The van der Waals surface area contributed by atoms with Crippen LogP contribution in [0.4, 0.5) is 0 Å². The molecule has 0 N–H and O–H groups in total. The predicted molar refractivity (Wildman–Crippen MR) is 75.8 cm³/mol. The molecule has 2 nitrogen and oxygen atoms in total. The Bertz CT molecular complexity index is 240. The van der Waals surface area contributed by atoms with E-state index in [1.807, 2.05) is 0 Å². The van der Waals surface area contributed by atoms with Crippen molar-refractivity contribution in [2.75, 3.05) is 18.4 Å². The Kier molecular flexibility index (Phi) is 4.90. The molecule has 0 aromatic carbocycles. The summed E-state index contributed by atoms with van der Waals surface area (Å²) in [6, 6.07) is 0.848. The molecule has 1 heterocycles. The van der Waals surface area contributed by atoms with Crippen molar-refractivity contribution in [2.24, 2.45) is 0 Å². The van der Waals surface area contributed by atoms with Crippen LogP contribution in [0.1, 0.15) is 52.4 Å². The van der Waals surface area contributed by atoms with Crippen LogP contribution in [-0.2, 0) is 4.74 Å². The fourth-order valence-corrected chi connectivity index (χ4v) is 3.16. The second-order valence-corrected chi connectivity index (χ2v) is 6.95. The van der Waals surface area contributed by atoms with Crippen LogP contribution >= 0.6 is 15.9 Å². The van der Waals surface area contributed by atoms with Crippen LogP contribution in [0, 0.1) is 0 Å². The van der Waals surface area contributed by atoms with Gasteiger partial charge in [0.05, 0.1) is 11.7 Å². The van der Waals surface area contributed by atoms with Crippen molar-refractivity contribution in [3.05, 3.63) is 0 Å². The zero-order valence-electron chi connectivity index (χ0n) is 11.3. The van der Waals surface area contributed by atoms with Crippen molar-refractivity contribution in [1.82, 2.24) is 4.90 Å². The lowest BCUT2D eigenvalue weighted by Crippen LogP contribution is -2.45. The van der Waals surface area contributed by atoms with Crippen molar-refractivity contribution >= 4 is 15.9 Å². The number of hydrogen-bond donors (Lipinski definition) is 0. The SMILES string of the molecule is CC1(C)CCC(CN(CCCBr)C2CCC2)O1. The van der Waals surface area contributed by atoms with E-state index in [0.717, 1.165) is 17.9 Å². The van der Waals surface area contributed by atoms with Gasteiger partial charge in [0.25, 0.3) is 0 Å². The number of hydrogen-bond acceptors (Lipinski definition) is 2. The molecule has 1 unspecified atom stereocenters. The van der Waals surface area contributed by atoms with Crippen molar-refractivity contribution < 1.29 is 4.74 Å². The molecule has 2 aliphatic rings. The molecule has 0 radical (unpaired) electrons. The molecule has 0 amide bonds. The standard InChI is InChI=1S/C14H26BrNO/c1-14(2)8-7-13(17-14)11-16(10-4-9-15)12-5-3-6-12/h12-13H,3-11H2,1-2H3. The molecular weight excluding hydrogens is 278 g/mol. The molecule has 3 heteroatoms. The molecule has 1 atom stereocenters. The van der Waals surface area contributed by atoms with Crippen LogP contribution < -0.4 is 0 Å². The monoisotopic (exact) mass is 303 g/mol. The first-order valence-electron chi connectivity index (χ1n) is 7.08. The highest BCUT2D eigenvalue weighted by Crippen LogP contribution is 2.32. The number of halogens is 1. The Balaban J connectivity index is 1.80. The highest BCUT2D eigenvalue weighted by molar-refractivity contribution is 9.09. The summed E-state index contributed by atoms with van der Waals surface area (Å²) in [6.45, 7) is 6.83. The van der Waals surface area contributed by atoms with Crippen LogP contribution in [0.2, 0.25) is 0 Å². The molecular formula is C14H26BrNO. The van der Waals surface area contributed by atoms with E-state index in [-0.39, 0.29) is 5.60 Å². The minimum absolute atomic E-state index is 0.116. The smallest absolute Gasteiger partial charge is 0.0710 e. The third-order valence-electron chi connectivity index (χ3n) is 4.16. The van der Waals surface area contributed by atoms with Crippen molar-refractivity contribution in [1.29, 1.82) is 0 Å². The molecule has 2 rings (SSSR count). The molecule has 1 saturated heterocycles. The van der Waals surface area contributed by atoms with Gasteiger partial charge in [-0.05, 0) is 52.5 Å². The van der Waals surface area contributed by atoms with Crippen LogP contribution in [-0.4, -0.2) is 41.1 Å². The van der Waals surface area contributed by atoms with E-state index in [0.29, 0.717) is 6.10 Å².